The summed E-state index contributed by atoms with van der Waals surface area (Å²) in [6.45, 7) is 2.89. The van der Waals surface area contributed by atoms with Crippen LogP contribution >= 0.6 is 15.9 Å². The molecule has 0 spiro atoms. The number of sulfonamides is 1. The van der Waals surface area contributed by atoms with Gasteiger partial charge in [0.15, 0.2) is 5.25 Å². The third kappa shape index (κ3) is 3.17. The second-order valence-electron chi connectivity index (χ2n) is 3.50. The lowest BCUT2D eigenvalue weighted by molar-refractivity contribution is 0.597. The van der Waals surface area contributed by atoms with Crippen molar-refractivity contribution in [2.24, 2.45) is 0 Å². The van der Waals surface area contributed by atoms with E-state index in [4.69, 9.17) is 5.26 Å². The Hall–Kier alpha value is -1.13. The lowest BCUT2D eigenvalue weighted by Gasteiger charge is -2.12. The number of benzene rings is 1. The van der Waals surface area contributed by atoms with Crippen molar-refractivity contribution >= 4 is 31.6 Å². The second kappa shape index (κ2) is 5.02. The van der Waals surface area contributed by atoms with Gasteiger partial charge in [-0.15, -0.1) is 0 Å². The highest BCUT2D eigenvalue weighted by molar-refractivity contribution is 9.10. The van der Waals surface area contributed by atoms with E-state index in [9.17, 15) is 12.8 Å². The Balaban J connectivity index is 3.14. The topological polar surface area (TPSA) is 70.0 Å². The predicted molar refractivity (Wildman–Crippen MR) is 66.5 cm³/mol. The fourth-order valence-corrected chi connectivity index (χ4v) is 2.37. The van der Waals surface area contributed by atoms with E-state index in [1.54, 1.807) is 13.0 Å². The number of hydrogen-bond acceptors (Lipinski definition) is 3. The van der Waals surface area contributed by atoms with Crippen LogP contribution in [0.2, 0.25) is 0 Å². The molecular weight excluding hydrogens is 311 g/mol. The number of halogens is 2. The van der Waals surface area contributed by atoms with Gasteiger partial charge in [-0.2, -0.15) is 5.26 Å². The van der Waals surface area contributed by atoms with Gasteiger partial charge in [-0.1, -0.05) is 0 Å². The van der Waals surface area contributed by atoms with Crippen molar-refractivity contribution in [3.8, 4) is 6.07 Å². The minimum atomic E-state index is -3.81. The normalized spacial score (nSPS) is 12.9. The van der Waals surface area contributed by atoms with Gasteiger partial charge >= 0.3 is 0 Å². The zero-order chi connectivity index (χ0) is 13.2. The SMILES string of the molecule is Cc1cc(Br)c(F)cc1NS(=O)(=O)C(C)C#N. The molecular formula is C10H10BrFN2O2S. The zero-order valence-electron chi connectivity index (χ0n) is 9.16. The minimum Gasteiger partial charge on any atom is -0.282 e. The highest BCUT2D eigenvalue weighted by Gasteiger charge is 2.21. The number of rotatable bonds is 3. The van der Waals surface area contributed by atoms with Crippen LogP contribution in [0.15, 0.2) is 16.6 Å². The van der Waals surface area contributed by atoms with Gasteiger partial charge in [-0.05, 0) is 47.5 Å². The van der Waals surface area contributed by atoms with Crippen molar-refractivity contribution in [2.45, 2.75) is 19.1 Å². The Morgan fingerprint density at radius 3 is 2.65 bits per heavy atom. The van der Waals surface area contributed by atoms with Crippen molar-refractivity contribution in [3.05, 3.63) is 28.0 Å². The van der Waals surface area contributed by atoms with Crippen LogP contribution in [0.25, 0.3) is 0 Å². The molecule has 7 heteroatoms. The van der Waals surface area contributed by atoms with Gasteiger partial charge in [0.05, 0.1) is 16.2 Å². The van der Waals surface area contributed by atoms with E-state index in [1.807, 2.05) is 0 Å². The lowest BCUT2D eigenvalue weighted by atomic mass is 10.2. The molecule has 1 unspecified atom stereocenters. The lowest BCUT2D eigenvalue weighted by Crippen LogP contribution is -2.24. The van der Waals surface area contributed by atoms with Crippen LogP contribution in [0.5, 0.6) is 0 Å². The summed E-state index contributed by atoms with van der Waals surface area (Å²) in [5.41, 5.74) is 0.694. The largest absolute Gasteiger partial charge is 0.282 e. The molecule has 0 saturated heterocycles. The maximum Gasteiger partial charge on any atom is 0.248 e. The fourth-order valence-electron chi connectivity index (χ4n) is 1.07. The molecule has 1 N–H and O–H groups in total. The van der Waals surface area contributed by atoms with Gasteiger partial charge < -0.3 is 0 Å². The van der Waals surface area contributed by atoms with E-state index in [2.05, 4.69) is 20.7 Å². The molecule has 0 aliphatic heterocycles. The van der Waals surface area contributed by atoms with Crippen molar-refractivity contribution in [1.82, 2.24) is 0 Å². The van der Waals surface area contributed by atoms with Crippen LogP contribution < -0.4 is 4.72 Å². The second-order valence-corrected chi connectivity index (χ2v) is 6.36. The smallest absolute Gasteiger partial charge is 0.248 e. The van der Waals surface area contributed by atoms with Gasteiger partial charge in [-0.25, -0.2) is 12.8 Å². The summed E-state index contributed by atoms with van der Waals surface area (Å²) in [6.07, 6.45) is 0. The minimum absolute atomic E-state index is 0.132. The van der Waals surface area contributed by atoms with Crippen molar-refractivity contribution in [1.29, 1.82) is 5.26 Å². The van der Waals surface area contributed by atoms with Gasteiger partial charge in [0, 0.05) is 0 Å². The van der Waals surface area contributed by atoms with Crippen molar-refractivity contribution < 1.29 is 12.8 Å². The maximum absolute atomic E-state index is 13.3. The quantitative estimate of drug-likeness (QED) is 0.930. The van der Waals surface area contributed by atoms with Gasteiger partial charge in [0.1, 0.15) is 5.82 Å². The van der Waals surface area contributed by atoms with Gasteiger partial charge in [0.25, 0.3) is 0 Å². The first kappa shape index (κ1) is 13.9. The molecule has 1 aromatic rings. The first-order valence-electron chi connectivity index (χ1n) is 4.65. The number of nitrogens with zero attached hydrogens (tertiary/aromatic N) is 1. The summed E-state index contributed by atoms with van der Waals surface area (Å²) in [6, 6.07) is 4.15. The number of hydrogen-bond donors (Lipinski definition) is 1. The molecule has 1 atom stereocenters. The van der Waals surface area contributed by atoms with E-state index in [-0.39, 0.29) is 10.2 Å². The van der Waals surface area contributed by atoms with E-state index < -0.39 is 21.1 Å². The molecule has 1 aromatic carbocycles. The molecule has 0 aliphatic carbocycles. The van der Waals surface area contributed by atoms with Crippen molar-refractivity contribution in [2.75, 3.05) is 4.72 Å². The summed E-state index contributed by atoms with van der Waals surface area (Å²) in [7, 11) is -3.81. The van der Waals surface area contributed by atoms with E-state index in [0.717, 1.165) is 6.07 Å². The number of aryl methyl sites for hydroxylation is 1. The monoisotopic (exact) mass is 320 g/mol. The number of nitrogens with one attached hydrogen (secondary N) is 1. The van der Waals surface area contributed by atoms with E-state index >= 15 is 0 Å². The molecule has 0 fully saturated rings. The standard InChI is InChI=1S/C10H10BrFN2O2S/c1-6-3-8(11)9(12)4-10(6)14-17(15,16)7(2)5-13/h3-4,7,14H,1-2H3. The van der Waals surface area contributed by atoms with Crippen LogP contribution in [0.4, 0.5) is 10.1 Å². The highest BCUT2D eigenvalue weighted by Crippen LogP contribution is 2.25. The average Bonchev–Trinajstić information content (AvgIpc) is 2.24. The third-order valence-electron chi connectivity index (χ3n) is 2.17. The first-order chi connectivity index (χ1) is 7.77. The van der Waals surface area contributed by atoms with Crippen LogP contribution in [0.3, 0.4) is 0 Å². The van der Waals surface area contributed by atoms with E-state index in [0.29, 0.717) is 5.56 Å². The van der Waals surface area contributed by atoms with Gasteiger partial charge in [0.2, 0.25) is 10.0 Å². The first-order valence-corrected chi connectivity index (χ1v) is 6.98. The maximum atomic E-state index is 13.3. The zero-order valence-corrected chi connectivity index (χ0v) is 11.6. The molecule has 0 aromatic heterocycles. The molecule has 17 heavy (non-hydrogen) atoms. The summed E-state index contributed by atoms with van der Waals surface area (Å²) in [5.74, 6) is -0.571. The van der Waals surface area contributed by atoms with Crippen LogP contribution in [0, 0.1) is 24.1 Å². The predicted octanol–water partition coefficient (Wildman–Crippen LogP) is 2.55. The molecule has 1 rings (SSSR count). The number of anilines is 1. The molecule has 4 nitrogen and oxygen atoms in total. The van der Waals surface area contributed by atoms with Crippen LogP contribution in [-0.4, -0.2) is 13.7 Å². The summed E-state index contributed by atoms with van der Waals surface area (Å²) < 4.78 is 38.9. The number of nitriles is 1. The Morgan fingerprint density at radius 2 is 2.12 bits per heavy atom. The molecule has 0 amide bonds. The van der Waals surface area contributed by atoms with Gasteiger partial charge in [-0.3, -0.25) is 4.72 Å². The summed E-state index contributed by atoms with van der Waals surface area (Å²) in [4.78, 5) is 0. The Bertz CT molecular complexity index is 581. The Kier molecular flexibility index (Phi) is 4.11. The molecule has 92 valence electrons. The van der Waals surface area contributed by atoms with Crippen LogP contribution in [0.1, 0.15) is 12.5 Å². The van der Waals surface area contributed by atoms with E-state index in [1.165, 1.54) is 13.0 Å². The molecule has 0 saturated carbocycles. The molecule has 0 bridgehead atoms. The van der Waals surface area contributed by atoms with Crippen LogP contribution in [-0.2, 0) is 10.0 Å². The summed E-state index contributed by atoms with van der Waals surface area (Å²) in [5, 5.41) is 7.37. The third-order valence-corrected chi connectivity index (χ3v) is 4.32. The molecule has 0 radical (unpaired) electrons. The molecule has 0 heterocycles. The Labute approximate surface area is 108 Å². The van der Waals surface area contributed by atoms with Crippen molar-refractivity contribution in [3.63, 3.8) is 0 Å². The average molecular weight is 321 g/mol. The molecule has 0 aliphatic rings. The summed E-state index contributed by atoms with van der Waals surface area (Å²) >= 11 is 3.00. The Morgan fingerprint density at radius 1 is 1.53 bits per heavy atom. The fraction of sp³-hybridized carbons (Fsp3) is 0.300. The highest BCUT2D eigenvalue weighted by atomic mass is 79.9.